The number of nitrogens with zero attached hydrogens (tertiary/aromatic N) is 3. The quantitative estimate of drug-likeness (QED) is 0.761. The van der Waals surface area contributed by atoms with Crippen LogP contribution in [0.2, 0.25) is 0 Å². The van der Waals surface area contributed by atoms with Crippen molar-refractivity contribution in [2.45, 2.75) is 6.54 Å². The third-order valence-electron chi connectivity index (χ3n) is 1.93. The van der Waals surface area contributed by atoms with Gasteiger partial charge in [-0.15, -0.1) is 0 Å². The summed E-state index contributed by atoms with van der Waals surface area (Å²) < 4.78 is 6.34. The summed E-state index contributed by atoms with van der Waals surface area (Å²) in [6, 6.07) is 1.55. The lowest BCUT2D eigenvalue weighted by Crippen LogP contribution is -2.13. The second-order valence-corrected chi connectivity index (χ2v) is 3.12. The van der Waals surface area contributed by atoms with E-state index in [1.807, 2.05) is 0 Å². The van der Waals surface area contributed by atoms with Crippen LogP contribution in [0.5, 0.6) is 0 Å². The maximum atomic E-state index is 11.6. The standard InChI is InChI=1S/C9H11N5O2/c10-2-3-14-5-7(11-6-14)9(15)12-8-1-4-16-13-8/h1,4-6H,2-3,10H2,(H,12,13,15). The molecular weight excluding hydrogens is 210 g/mol. The highest BCUT2D eigenvalue weighted by molar-refractivity contribution is 6.02. The number of anilines is 1. The van der Waals surface area contributed by atoms with Gasteiger partial charge in [-0.25, -0.2) is 4.98 Å². The summed E-state index contributed by atoms with van der Waals surface area (Å²) >= 11 is 0. The van der Waals surface area contributed by atoms with Crippen molar-refractivity contribution in [2.24, 2.45) is 5.73 Å². The third-order valence-corrected chi connectivity index (χ3v) is 1.93. The summed E-state index contributed by atoms with van der Waals surface area (Å²) in [5.41, 5.74) is 5.70. The highest BCUT2D eigenvalue weighted by Gasteiger charge is 2.10. The molecule has 2 aromatic rings. The van der Waals surface area contributed by atoms with Crippen molar-refractivity contribution in [2.75, 3.05) is 11.9 Å². The summed E-state index contributed by atoms with van der Waals surface area (Å²) in [7, 11) is 0. The molecule has 0 unspecified atom stereocenters. The summed E-state index contributed by atoms with van der Waals surface area (Å²) in [5.74, 6) is 0.0306. The Kier molecular flexibility index (Phi) is 2.97. The van der Waals surface area contributed by atoms with Crippen molar-refractivity contribution in [1.29, 1.82) is 0 Å². The number of carbonyl (C=O) groups excluding carboxylic acids is 1. The fraction of sp³-hybridized carbons (Fsp3) is 0.222. The zero-order valence-corrected chi connectivity index (χ0v) is 8.46. The van der Waals surface area contributed by atoms with Crippen LogP contribution in [0.4, 0.5) is 5.82 Å². The van der Waals surface area contributed by atoms with E-state index in [1.54, 1.807) is 23.2 Å². The molecule has 0 atom stereocenters. The van der Waals surface area contributed by atoms with Gasteiger partial charge in [0, 0.05) is 25.4 Å². The SMILES string of the molecule is NCCn1cnc(C(=O)Nc2ccon2)c1. The minimum Gasteiger partial charge on any atom is -0.363 e. The number of hydrogen-bond donors (Lipinski definition) is 2. The molecule has 0 spiro atoms. The van der Waals surface area contributed by atoms with Crippen molar-refractivity contribution in [3.05, 3.63) is 30.5 Å². The van der Waals surface area contributed by atoms with Crippen LogP contribution in [0, 0.1) is 0 Å². The molecule has 0 bridgehead atoms. The first kappa shape index (κ1) is 10.4. The highest BCUT2D eigenvalue weighted by Crippen LogP contribution is 2.04. The largest absolute Gasteiger partial charge is 0.363 e. The molecule has 0 radical (unpaired) electrons. The molecule has 0 saturated heterocycles. The molecule has 0 aliphatic carbocycles. The molecular formula is C9H11N5O2. The topological polar surface area (TPSA) is 99.0 Å². The van der Waals surface area contributed by atoms with Gasteiger partial charge in [0.05, 0.1) is 6.33 Å². The molecule has 84 valence electrons. The first-order chi connectivity index (χ1) is 7.79. The fourth-order valence-corrected chi connectivity index (χ4v) is 1.21. The first-order valence-corrected chi connectivity index (χ1v) is 4.73. The summed E-state index contributed by atoms with van der Waals surface area (Å²) in [5, 5.41) is 6.11. The van der Waals surface area contributed by atoms with Gasteiger partial charge in [0.25, 0.3) is 5.91 Å². The zero-order chi connectivity index (χ0) is 11.4. The molecule has 1 amide bonds. The predicted molar refractivity (Wildman–Crippen MR) is 55.7 cm³/mol. The van der Waals surface area contributed by atoms with Gasteiger partial charge in [0.2, 0.25) is 0 Å². The van der Waals surface area contributed by atoms with Gasteiger partial charge in [-0.05, 0) is 0 Å². The number of nitrogens with two attached hydrogens (primary N) is 1. The van der Waals surface area contributed by atoms with E-state index in [0.717, 1.165) is 0 Å². The fourth-order valence-electron chi connectivity index (χ4n) is 1.21. The van der Waals surface area contributed by atoms with E-state index in [1.165, 1.54) is 6.26 Å². The molecule has 0 aromatic carbocycles. The van der Waals surface area contributed by atoms with Crippen molar-refractivity contribution in [3.63, 3.8) is 0 Å². The highest BCUT2D eigenvalue weighted by atomic mass is 16.5. The Hall–Kier alpha value is -2.15. The summed E-state index contributed by atoms with van der Waals surface area (Å²) in [6.07, 6.45) is 4.56. The summed E-state index contributed by atoms with van der Waals surface area (Å²) in [4.78, 5) is 15.6. The first-order valence-electron chi connectivity index (χ1n) is 4.73. The van der Waals surface area contributed by atoms with E-state index >= 15 is 0 Å². The minimum absolute atomic E-state index is 0.316. The van der Waals surface area contributed by atoms with E-state index in [0.29, 0.717) is 24.6 Å². The van der Waals surface area contributed by atoms with Gasteiger partial charge in [-0.3, -0.25) is 4.79 Å². The predicted octanol–water partition coefficient (Wildman–Crippen LogP) is 0.0821. The van der Waals surface area contributed by atoms with Crippen LogP contribution in [0.3, 0.4) is 0 Å². The van der Waals surface area contributed by atoms with Crippen molar-refractivity contribution in [1.82, 2.24) is 14.7 Å². The van der Waals surface area contributed by atoms with E-state index in [2.05, 4.69) is 20.0 Å². The van der Waals surface area contributed by atoms with Crippen molar-refractivity contribution >= 4 is 11.7 Å². The van der Waals surface area contributed by atoms with Gasteiger partial charge in [-0.1, -0.05) is 5.16 Å². The van der Waals surface area contributed by atoms with Crippen LogP contribution < -0.4 is 11.1 Å². The molecule has 3 N–H and O–H groups in total. The lowest BCUT2D eigenvalue weighted by Gasteiger charge is -1.97. The molecule has 2 aromatic heterocycles. The lowest BCUT2D eigenvalue weighted by molar-refractivity contribution is 0.102. The molecule has 2 rings (SSSR count). The number of nitrogens with one attached hydrogen (secondary N) is 1. The number of imidazole rings is 1. The lowest BCUT2D eigenvalue weighted by atomic mass is 10.4. The van der Waals surface area contributed by atoms with E-state index < -0.39 is 0 Å². The number of rotatable bonds is 4. The monoisotopic (exact) mass is 221 g/mol. The number of carbonyl (C=O) groups is 1. The molecule has 7 heteroatoms. The Bertz CT molecular complexity index is 462. The smallest absolute Gasteiger partial charge is 0.277 e. The Balaban J connectivity index is 2.03. The van der Waals surface area contributed by atoms with Crippen LogP contribution in [0.1, 0.15) is 10.5 Å². The average molecular weight is 221 g/mol. The second-order valence-electron chi connectivity index (χ2n) is 3.12. The average Bonchev–Trinajstić information content (AvgIpc) is 2.89. The molecule has 0 fully saturated rings. The van der Waals surface area contributed by atoms with Crippen LogP contribution in [-0.2, 0) is 6.54 Å². The minimum atomic E-state index is -0.329. The number of hydrogen-bond acceptors (Lipinski definition) is 5. The van der Waals surface area contributed by atoms with Crippen LogP contribution in [-0.4, -0.2) is 27.2 Å². The molecule has 7 nitrogen and oxygen atoms in total. The van der Waals surface area contributed by atoms with E-state index in [-0.39, 0.29) is 5.91 Å². The third kappa shape index (κ3) is 2.26. The maximum Gasteiger partial charge on any atom is 0.277 e. The molecule has 2 heterocycles. The zero-order valence-electron chi connectivity index (χ0n) is 8.46. The van der Waals surface area contributed by atoms with Crippen LogP contribution in [0.15, 0.2) is 29.4 Å². The Labute approximate surface area is 91.2 Å². The van der Waals surface area contributed by atoms with E-state index in [9.17, 15) is 4.79 Å². The Morgan fingerprint density at radius 1 is 1.62 bits per heavy atom. The second kappa shape index (κ2) is 4.58. The van der Waals surface area contributed by atoms with Gasteiger partial charge in [0.15, 0.2) is 5.82 Å². The van der Waals surface area contributed by atoms with Gasteiger partial charge in [-0.2, -0.15) is 0 Å². The normalized spacial score (nSPS) is 10.3. The van der Waals surface area contributed by atoms with Crippen LogP contribution >= 0.6 is 0 Å². The van der Waals surface area contributed by atoms with E-state index in [4.69, 9.17) is 5.73 Å². The Morgan fingerprint density at radius 2 is 2.50 bits per heavy atom. The van der Waals surface area contributed by atoms with Crippen LogP contribution in [0.25, 0.3) is 0 Å². The van der Waals surface area contributed by atoms with Gasteiger partial charge < -0.3 is 20.1 Å². The number of aromatic nitrogens is 3. The molecule has 0 aliphatic heterocycles. The summed E-state index contributed by atoms with van der Waals surface area (Å²) in [6.45, 7) is 1.13. The molecule has 0 saturated carbocycles. The Morgan fingerprint density at radius 3 is 3.19 bits per heavy atom. The van der Waals surface area contributed by atoms with Crippen molar-refractivity contribution < 1.29 is 9.32 Å². The molecule has 16 heavy (non-hydrogen) atoms. The maximum absolute atomic E-state index is 11.6. The van der Waals surface area contributed by atoms with Crippen molar-refractivity contribution in [3.8, 4) is 0 Å². The molecule has 0 aliphatic rings. The van der Waals surface area contributed by atoms with Gasteiger partial charge in [0.1, 0.15) is 12.0 Å². The van der Waals surface area contributed by atoms with Gasteiger partial charge >= 0.3 is 0 Å². The number of amides is 1.